The van der Waals surface area contributed by atoms with Gasteiger partial charge in [0, 0.05) is 12.6 Å². The molecule has 0 aliphatic carbocycles. The van der Waals surface area contributed by atoms with Crippen LogP contribution < -0.4 is 16.3 Å². The molecule has 0 bridgehead atoms. The van der Waals surface area contributed by atoms with E-state index in [1.165, 1.54) is 12.3 Å². The lowest BCUT2D eigenvalue weighted by Crippen LogP contribution is -2.35. The van der Waals surface area contributed by atoms with E-state index in [0.29, 0.717) is 0 Å². The van der Waals surface area contributed by atoms with Crippen LogP contribution in [-0.4, -0.2) is 57.8 Å². The Labute approximate surface area is 129 Å². The summed E-state index contributed by atoms with van der Waals surface area (Å²) in [6.07, 6.45) is -1.93. The van der Waals surface area contributed by atoms with Gasteiger partial charge >= 0.3 is 17.8 Å². The number of hydrogen-bond donors (Lipinski definition) is 4. The second-order valence-electron chi connectivity index (χ2n) is 4.69. The summed E-state index contributed by atoms with van der Waals surface area (Å²) in [6.45, 7) is -0.368. The number of alkyl carbamates (subject to hydrolysis) is 1. The normalized spacial score (nSPS) is 23.3. The Morgan fingerprint density at radius 1 is 1.57 bits per heavy atom. The van der Waals surface area contributed by atoms with Gasteiger partial charge in [-0.05, 0) is 6.07 Å². The Morgan fingerprint density at radius 3 is 2.87 bits per heavy atom. The molecule has 1 fully saturated rings. The Kier molecular flexibility index (Phi) is 5.26. The molecule has 11 heteroatoms. The number of hydrogen-bond acceptors (Lipinski definition) is 8. The van der Waals surface area contributed by atoms with Gasteiger partial charge in [-0.15, -0.1) is 0 Å². The van der Waals surface area contributed by atoms with Crippen LogP contribution >= 0.6 is 0 Å². The predicted octanol–water partition coefficient (Wildman–Crippen LogP) is -1.23. The van der Waals surface area contributed by atoms with Crippen molar-refractivity contribution in [2.45, 2.75) is 24.9 Å². The molecule has 0 spiro atoms. The highest BCUT2D eigenvalue weighted by molar-refractivity contribution is 5.98. The quantitative estimate of drug-likeness (QED) is 0.538. The zero-order chi connectivity index (χ0) is 17.0. The molecule has 2 heterocycles. The number of imide groups is 1. The highest BCUT2D eigenvalue weighted by atomic mass is 16.5. The first kappa shape index (κ1) is 16.9. The number of aliphatic hydroxyl groups excluding tert-OH is 2. The topological polar surface area (TPSA) is 152 Å². The maximum atomic E-state index is 12.0. The van der Waals surface area contributed by atoms with Crippen molar-refractivity contribution in [3.05, 3.63) is 22.7 Å². The second kappa shape index (κ2) is 7.17. The minimum atomic E-state index is -0.959. The summed E-state index contributed by atoms with van der Waals surface area (Å²) in [5, 5.41) is 22.7. The Morgan fingerprint density at radius 2 is 2.30 bits per heavy atom. The molecule has 0 unspecified atom stereocenters. The van der Waals surface area contributed by atoms with E-state index in [0.717, 1.165) is 11.7 Å². The van der Waals surface area contributed by atoms with Crippen LogP contribution in [0.4, 0.5) is 15.4 Å². The van der Waals surface area contributed by atoms with Crippen molar-refractivity contribution >= 4 is 17.9 Å². The average Bonchev–Trinajstić information content (AvgIpc) is 2.87. The van der Waals surface area contributed by atoms with Crippen LogP contribution in [0.3, 0.4) is 0 Å². The molecule has 23 heavy (non-hydrogen) atoms. The first-order valence-electron chi connectivity index (χ1n) is 6.64. The molecule has 1 aliphatic rings. The first-order chi connectivity index (χ1) is 10.9. The Bertz CT molecular complexity index is 647. The number of methoxy groups -OCH3 is 1. The molecule has 126 valence electrons. The number of ether oxygens (including phenoxy) is 2. The van der Waals surface area contributed by atoms with Crippen molar-refractivity contribution in [3.63, 3.8) is 0 Å². The third kappa shape index (κ3) is 4.03. The summed E-state index contributed by atoms with van der Waals surface area (Å²) >= 11 is 0. The van der Waals surface area contributed by atoms with Crippen LogP contribution in [0.25, 0.3) is 0 Å². The van der Waals surface area contributed by atoms with Gasteiger partial charge in [0.05, 0.1) is 19.8 Å². The summed E-state index contributed by atoms with van der Waals surface area (Å²) < 4.78 is 10.7. The third-order valence-electron chi connectivity index (χ3n) is 3.17. The maximum Gasteiger partial charge on any atom is 0.415 e. The molecule has 1 aromatic heterocycles. The van der Waals surface area contributed by atoms with Crippen LogP contribution in [0.1, 0.15) is 12.6 Å². The van der Waals surface area contributed by atoms with Crippen LogP contribution in [0.2, 0.25) is 0 Å². The zero-order valence-electron chi connectivity index (χ0n) is 12.1. The van der Waals surface area contributed by atoms with Gasteiger partial charge in [0.15, 0.2) is 0 Å². The molecule has 0 saturated carbocycles. The summed E-state index contributed by atoms with van der Waals surface area (Å²) in [5.74, 6) is -0.0788. The minimum Gasteiger partial charge on any atom is -0.453 e. The van der Waals surface area contributed by atoms with Crippen molar-refractivity contribution in [3.8, 4) is 0 Å². The monoisotopic (exact) mass is 328 g/mol. The molecule has 3 atom stereocenters. The van der Waals surface area contributed by atoms with E-state index in [1.807, 2.05) is 5.32 Å². The Balaban J connectivity index is 2.05. The third-order valence-corrected chi connectivity index (χ3v) is 3.17. The fourth-order valence-corrected chi connectivity index (χ4v) is 2.04. The average molecular weight is 328 g/mol. The number of amides is 3. The van der Waals surface area contributed by atoms with Gasteiger partial charge in [-0.25, -0.2) is 19.7 Å². The zero-order valence-corrected chi connectivity index (χ0v) is 12.1. The number of urea groups is 1. The number of nitrogens with one attached hydrogen (secondary N) is 2. The lowest BCUT2D eigenvalue weighted by atomic mass is 10.2. The van der Waals surface area contributed by atoms with Crippen molar-refractivity contribution < 1.29 is 29.3 Å². The minimum absolute atomic E-state index is 0.0788. The second-order valence-corrected chi connectivity index (χ2v) is 4.69. The van der Waals surface area contributed by atoms with E-state index in [9.17, 15) is 19.5 Å². The van der Waals surface area contributed by atoms with Gasteiger partial charge in [0.2, 0.25) is 0 Å². The van der Waals surface area contributed by atoms with Crippen molar-refractivity contribution in [1.82, 2.24) is 14.9 Å². The number of aromatic nitrogens is 2. The molecule has 1 aliphatic heterocycles. The molecule has 4 N–H and O–H groups in total. The van der Waals surface area contributed by atoms with Gasteiger partial charge in [-0.1, -0.05) is 0 Å². The standard InChI is InChI=1S/C12H16N4O7/c1-22-12(21)15-10(19)13-8-2-3-16(11(20)14-8)9-4-6(18)7(5-17)23-9/h2-3,6-7,9,17-18H,4-5H2,1H3,(H2,13,14,15,19,20,21)/t6-,7+,9+/m0/s1. The van der Waals surface area contributed by atoms with Crippen molar-refractivity contribution in [2.75, 3.05) is 19.0 Å². The predicted molar refractivity (Wildman–Crippen MR) is 74.7 cm³/mol. The van der Waals surface area contributed by atoms with Gasteiger partial charge in [0.25, 0.3) is 0 Å². The Hall–Kier alpha value is -2.50. The SMILES string of the molecule is COC(=O)NC(=O)Nc1ccn([C@H]2C[C@H](O)[C@@H](CO)O2)c(=O)n1. The molecular weight excluding hydrogens is 312 g/mol. The lowest BCUT2D eigenvalue weighted by molar-refractivity contribution is -0.0458. The van der Waals surface area contributed by atoms with Gasteiger partial charge in [0.1, 0.15) is 18.1 Å². The molecule has 3 amide bonds. The van der Waals surface area contributed by atoms with Crippen LogP contribution in [0.5, 0.6) is 0 Å². The fraction of sp³-hybridized carbons (Fsp3) is 0.500. The number of anilines is 1. The number of aliphatic hydroxyl groups is 2. The molecule has 2 rings (SSSR count). The van der Waals surface area contributed by atoms with Crippen LogP contribution in [-0.2, 0) is 9.47 Å². The van der Waals surface area contributed by atoms with E-state index in [1.54, 1.807) is 0 Å². The fourth-order valence-electron chi connectivity index (χ4n) is 2.04. The molecular formula is C12H16N4O7. The van der Waals surface area contributed by atoms with E-state index < -0.39 is 36.2 Å². The van der Waals surface area contributed by atoms with Gasteiger partial charge in [-0.2, -0.15) is 4.98 Å². The molecule has 0 radical (unpaired) electrons. The largest absolute Gasteiger partial charge is 0.453 e. The van der Waals surface area contributed by atoms with E-state index in [-0.39, 0.29) is 18.8 Å². The highest BCUT2D eigenvalue weighted by Crippen LogP contribution is 2.27. The molecule has 0 aromatic carbocycles. The van der Waals surface area contributed by atoms with Crippen LogP contribution in [0, 0.1) is 0 Å². The lowest BCUT2D eigenvalue weighted by Gasteiger charge is -2.14. The number of rotatable bonds is 3. The first-order valence-corrected chi connectivity index (χ1v) is 6.64. The molecule has 1 aromatic rings. The molecule has 11 nitrogen and oxygen atoms in total. The van der Waals surface area contributed by atoms with E-state index in [2.05, 4.69) is 15.0 Å². The van der Waals surface area contributed by atoms with E-state index >= 15 is 0 Å². The summed E-state index contributed by atoms with van der Waals surface area (Å²) in [7, 11) is 1.09. The van der Waals surface area contributed by atoms with E-state index in [4.69, 9.17) is 9.84 Å². The number of carbonyl (C=O) groups is 2. The van der Waals surface area contributed by atoms with Crippen LogP contribution in [0.15, 0.2) is 17.1 Å². The number of carbonyl (C=O) groups excluding carboxylic acids is 2. The summed E-state index contributed by atoms with van der Waals surface area (Å²) in [6, 6.07) is 0.412. The summed E-state index contributed by atoms with van der Waals surface area (Å²) in [4.78, 5) is 37.8. The highest BCUT2D eigenvalue weighted by Gasteiger charge is 2.34. The van der Waals surface area contributed by atoms with Gasteiger partial charge < -0.3 is 19.7 Å². The smallest absolute Gasteiger partial charge is 0.415 e. The van der Waals surface area contributed by atoms with Crippen molar-refractivity contribution in [1.29, 1.82) is 0 Å². The maximum absolute atomic E-state index is 12.0. The molecule has 1 saturated heterocycles. The number of nitrogens with zero attached hydrogens (tertiary/aromatic N) is 2. The summed E-state index contributed by atoms with van der Waals surface area (Å²) in [5.41, 5.74) is -0.725. The van der Waals surface area contributed by atoms with Gasteiger partial charge in [-0.3, -0.25) is 9.88 Å². The van der Waals surface area contributed by atoms with Crippen molar-refractivity contribution in [2.24, 2.45) is 0 Å².